The minimum absolute atomic E-state index is 0. The standard InChI is InChI=1S/Al.Er.H3O4P.3H/c;;1-5(2,3)4;;;/h;;(H3,1,2,3,4);;;. The van der Waals surface area contributed by atoms with Crippen molar-refractivity contribution in [2.45, 2.75) is 0 Å². The summed E-state index contributed by atoms with van der Waals surface area (Å²) < 4.78 is 8.88. The van der Waals surface area contributed by atoms with Crippen molar-refractivity contribution < 1.29 is 56.6 Å². The molecule has 0 bridgehead atoms. The fourth-order valence-corrected chi connectivity index (χ4v) is 0. The van der Waals surface area contributed by atoms with Gasteiger partial charge in [0.2, 0.25) is 0 Å². The SMILES string of the molecule is O=P(O)(O)O.[AlH3].[Er]. The van der Waals surface area contributed by atoms with Gasteiger partial charge in [-0.25, -0.2) is 4.57 Å². The summed E-state index contributed by atoms with van der Waals surface area (Å²) >= 11 is 0. The van der Waals surface area contributed by atoms with Crippen molar-refractivity contribution in [3.63, 3.8) is 0 Å². The van der Waals surface area contributed by atoms with Crippen molar-refractivity contribution in [3.05, 3.63) is 0 Å². The van der Waals surface area contributed by atoms with Crippen LogP contribution in [0, 0.1) is 37.3 Å². The van der Waals surface area contributed by atoms with Gasteiger partial charge in [0.1, 0.15) is 0 Å². The molecule has 7 heteroatoms. The molecular formula is H6AlErO4P. The van der Waals surface area contributed by atoms with E-state index in [4.69, 9.17) is 19.2 Å². The predicted molar refractivity (Wildman–Crippen MR) is 24.2 cm³/mol. The number of phosphoric acid groups is 1. The van der Waals surface area contributed by atoms with Gasteiger partial charge in [-0.05, 0) is 0 Å². The molecule has 0 aromatic carbocycles. The molecule has 0 spiro atoms. The summed E-state index contributed by atoms with van der Waals surface area (Å²) in [5, 5.41) is 0. The topological polar surface area (TPSA) is 77.8 Å². The first kappa shape index (κ1) is 16.0. The van der Waals surface area contributed by atoms with E-state index < -0.39 is 7.82 Å². The Morgan fingerprint density at radius 3 is 1.14 bits per heavy atom. The Kier molecular flexibility index (Phi) is 13.7. The Morgan fingerprint density at radius 2 is 1.14 bits per heavy atom. The van der Waals surface area contributed by atoms with Crippen LogP contribution in [-0.2, 0) is 4.57 Å². The van der Waals surface area contributed by atoms with Crippen molar-refractivity contribution in [1.29, 1.82) is 0 Å². The smallest absolute Gasteiger partial charge is 0.303 e. The maximum atomic E-state index is 8.88. The Morgan fingerprint density at radius 1 is 1.14 bits per heavy atom. The second kappa shape index (κ2) is 6.02. The first-order valence-electron chi connectivity index (χ1n) is 0.783. The van der Waals surface area contributed by atoms with E-state index in [0.29, 0.717) is 0 Å². The molecule has 0 saturated carbocycles. The minimum Gasteiger partial charge on any atom is -0.303 e. The van der Waals surface area contributed by atoms with E-state index in [-0.39, 0.29) is 54.7 Å². The van der Waals surface area contributed by atoms with E-state index in [9.17, 15) is 0 Å². The van der Waals surface area contributed by atoms with Gasteiger partial charge >= 0.3 is 7.82 Å². The van der Waals surface area contributed by atoms with E-state index in [1.165, 1.54) is 0 Å². The summed E-state index contributed by atoms with van der Waals surface area (Å²) in [5.74, 6) is 0. The normalized spacial score (nSPS) is 8.43. The third kappa shape index (κ3) is 76.7. The average molecular weight is 295 g/mol. The molecule has 3 N–H and O–H groups in total. The van der Waals surface area contributed by atoms with Crippen molar-refractivity contribution in [1.82, 2.24) is 0 Å². The van der Waals surface area contributed by atoms with Crippen LogP contribution in [0.4, 0.5) is 0 Å². The van der Waals surface area contributed by atoms with Crippen LogP contribution >= 0.6 is 7.82 Å². The molecule has 0 fully saturated rings. The van der Waals surface area contributed by atoms with E-state index in [1.54, 1.807) is 0 Å². The van der Waals surface area contributed by atoms with E-state index >= 15 is 0 Å². The van der Waals surface area contributed by atoms with Gasteiger partial charge in [-0.3, -0.25) is 0 Å². The van der Waals surface area contributed by atoms with Crippen LogP contribution in [0.3, 0.4) is 0 Å². The zero-order chi connectivity index (χ0) is 4.50. The van der Waals surface area contributed by atoms with E-state index in [1.807, 2.05) is 0 Å². The van der Waals surface area contributed by atoms with Gasteiger partial charge in [0.05, 0.1) is 0 Å². The Bertz CT molecular complexity index is 57.8. The number of rotatable bonds is 0. The third-order valence-corrected chi connectivity index (χ3v) is 0. The van der Waals surface area contributed by atoms with Crippen LogP contribution < -0.4 is 0 Å². The number of hydrogen-bond acceptors (Lipinski definition) is 1. The van der Waals surface area contributed by atoms with Gasteiger partial charge in [-0.15, -0.1) is 0 Å². The molecule has 0 aliphatic rings. The first-order valence-corrected chi connectivity index (χ1v) is 2.35. The van der Waals surface area contributed by atoms with Gasteiger partial charge in [0.15, 0.2) is 17.4 Å². The molecule has 0 aromatic rings. The quantitative estimate of drug-likeness (QED) is 0.353. The largest absolute Gasteiger partial charge is 0.466 e. The fourth-order valence-electron chi connectivity index (χ4n) is 0. The summed E-state index contributed by atoms with van der Waals surface area (Å²) in [6.07, 6.45) is 0. The summed E-state index contributed by atoms with van der Waals surface area (Å²) in [5.41, 5.74) is 0. The van der Waals surface area contributed by atoms with Crippen LogP contribution in [0.15, 0.2) is 0 Å². The molecule has 7 heavy (non-hydrogen) atoms. The van der Waals surface area contributed by atoms with Gasteiger partial charge in [0, 0.05) is 37.3 Å². The zero-order valence-electron chi connectivity index (χ0n) is 2.49. The monoisotopic (exact) mass is 294 g/mol. The van der Waals surface area contributed by atoms with Gasteiger partial charge in [0.25, 0.3) is 0 Å². The van der Waals surface area contributed by atoms with Crippen LogP contribution in [0.25, 0.3) is 0 Å². The van der Waals surface area contributed by atoms with Crippen molar-refractivity contribution in [3.8, 4) is 0 Å². The van der Waals surface area contributed by atoms with E-state index in [2.05, 4.69) is 0 Å². The maximum absolute atomic E-state index is 8.88. The second-order valence-electron chi connectivity index (χ2n) is 0.513. The Balaban J connectivity index is -0.0000000800. The van der Waals surface area contributed by atoms with Crippen LogP contribution in [0.2, 0.25) is 0 Å². The molecule has 4 nitrogen and oxygen atoms in total. The van der Waals surface area contributed by atoms with Crippen LogP contribution in [0.5, 0.6) is 0 Å². The Hall–Kier alpha value is 1.89. The maximum Gasteiger partial charge on any atom is 0.466 e. The predicted octanol–water partition coefficient (Wildman–Crippen LogP) is -2.11. The van der Waals surface area contributed by atoms with Gasteiger partial charge in [-0.2, -0.15) is 0 Å². The van der Waals surface area contributed by atoms with Crippen molar-refractivity contribution in [2.75, 3.05) is 0 Å². The third-order valence-electron chi connectivity index (χ3n) is 0. The fraction of sp³-hybridized carbons (Fsp3) is 0. The molecule has 0 amide bonds. The average Bonchev–Trinajstić information content (AvgIpc) is 0.722. The molecule has 0 rings (SSSR count). The second-order valence-corrected chi connectivity index (χ2v) is 1.54. The minimum atomic E-state index is -4.64. The molecule has 0 atom stereocenters. The van der Waals surface area contributed by atoms with Crippen LogP contribution in [0.1, 0.15) is 0 Å². The van der Waals surface area contributed by atoms with E-state index in [0.717, 1.165) is 0 Å². The van der Waals surface area contributed by atoms with Crippen molar-refractivity contribution in [2.24, 2.45) is 0 Å². The molecule has 0 saturated heterocycles. The molecule has 0 radical (unpaired) electrons. The summed E-state index contributed by atoms with van der Waals surface area (Å²) in [6, 6.07) is 0. The van der Waals surface area contributed by atoms with Gasteiger partial charge in [-0.1, -0.05) is 0 Å². The molecule has 50 valence electrons. The summed E-state index contributed by atoms with van der Waals surface area (Å²) in [4.78, 5) is 21.6. The zero-order valence-corrected chi connectivity index (χ0v) is 5.23. The molecule has 0 aromatic heterocycles. The van der Waals surface area contributed by atoms with Crippen molar-refractivity contribution >= 4 is 25.2 Å². The molecule has 0 aliphatic carbocycles. The Labute approximate surface area is 80.9 Å². The van der Waals surface area contributed by atoms with Gasteiger partial charge < -0.3 is 14.7 Å². The molecule has 0 aliphatic heterocycles. The first-order chi connectivity index (χ1) is 2.00. The molecular weight excluding hydrogens is 289 g/mol. The molecule has 0 unspecified atom stereocenters. The number of hydrogen-bond donors (Lipinski definition) is 3. The molecule has 0 heterocycles. The van der Waals surface area contributed by atoms with Crippen LogP contribution in [-0.4, -0.2) is 32.0 Å². The summed E-state index contributed by atoms with van der Waals surface area (Å²) in [7, 11) is -4.64. The summed E-state index contributed by atoms with van der Waals surface area (Å²) in [6.45, 7) is 0.